The number of nitrogens with one attached hydrogen (secondary N) is 1. The van der Waals surface area contributed by atoms with E-state index in [9.17, 15) is 9.59 Å². The number of benzene rings is 1. The summed E-state index contributed by atoms with van der Waals surface area (Å²) in [6, 6.07) is 8.65. The summed E-state index contributed by atoms with van der Waals surface area (Å²) in [5.74, 6) is -1.64. The molecular formula is C13H17N3O2S. The summed E-state index contributed by atoms with van der Waals surface area (Å²) < 4.78 is 0. The lowest BCUT2D eigenvalue weighted by molar-refractivity contribution is -0.128. The number of hydrogen-bond acceptors (Lipinski definition) is 3. The van der Waals surface area contributed by atoms with Crippen molar-refractivity contribution in [3.05, 3.63) is 35.9 Å². The Hall–Kier alpha value is -1.95. The SMILES string of the molecule is CC(NC(=O)C(Cc1ccccc1)C(N)=S)C(N)=O. The van der Waals surface area contributed by atoms with Gasteiger partial charge in [0.05, 0.1) is 10.9 Å². The first-order valence-electron chi connectivity index (χ1n) is 5.84. The molecule has 0 saturated carbocycles. The smallest absolute Gasteiger partial charge is 0.239 e. The van der Waals surface area contributed by atoms with Crippen molar-refractivity contribution in [2.45, 2.75) is 19.4 Å². The van der Waals surface area contributed by atoms with Crippen LogP contribution in [0.3, 0.4) is 0 Å². The summed E-state index contributed by atoms with van der Waals surface area (Å²) >= 11 is 4.91. The number of thiocarbonyl (C=S) groups is 1. The minimum atomic E-state index is -0.750. The molecule has 0 aliphatic heterocycles. The average molecular weight is 279 g/mol. The van der Waals surface area contributed by atoms with E-state index in [1.54, 1.807) is 0 Å². The van der Waals surface area contributed by atoms with E-state index in [0.717, 1.165) is 5.56 Å². The zero-order chi connectivity index (χ0) is 14.4. The second-order valence-corrected chi connectivity index (χ2v) is 4.75. The normalized spacial score (nSPS) is 13.3. The molecule has 5 nitrogen and oxygen atoms in total. The molecule has 6 heteroatoms. The number of nitrogens with two attached hydrogens (primary N) is 2. The van der Waals surface area contributed by atoms with Gasteiger partial charge in [0.15, 0.2) is 0 Å². The van der Waals surface area contributed by atoms with E-state index >= 15 is 0 Å². The standard InChI is InChI=1S/C13H17N3O2S/c1-8(11(14)17)16-13(18)10(12(15)19)7-9-5-3-2-4-6-9/h2-6,8,10H,7H2,1H3,(H2,14,17)(H2,15,19)(H,16,18). The second-order valence-electron chi connectivity index (χ2n) is 4.28. The van der Waals surface area contributed by atoms with Gasteiger partial charge < -0.3 is 16.8 Å². The monoisotopic (exact) mass is 279 g/mol. The average Bonchev–Trinajstić information content (AvgIpc) is 2.36. The molecule has 0 fully saturated rings. The van der Waals surface area contributed by atoms with Gasteiger partial charge in [-0.1, -0.05) is 42.5 Å². The summed E-state index contributed by atoms with van der Waals surface area (Å²) in [5.41, 5.74) is 11.6. The van der Waals surface area contributed by atoms with Crippen molar-refractivity contribution in [2.24, 2.45) is 17.4 Å². The Labute approximate surface area is 117 Å². The fourth-order valence-electron chi connectivity index (χ4n) is 1.56. The first kappa shape index (κ1) is 15.1. The number of amides is 2. The molecule has 2 amide bonds. The number of primary amides is 1. The zero-order valence-corrected chi connectivity index (χ0v) is 11.4. The summed E-state index contributed by atoms with van der Waals surface area (Å²) in [6.45, 7) is 1.51. The van der Waals surface area contributed by atoms with Gasteiger partial charge in [0, 0.05) is 0 Å². The number of carbonyl (C=O) groups is 2. The van der Waals surface area contributed by atoms with Crippen LogP contribution in [0, 0.1) is 5.92 Å². The van der Waals surface area contributed by atoms with Crippen molar-refractivity contribution in [3.63, 3.8) is 0 Å². The van der Waals surface area contributed by atoms with E-state index in [-0.39, 0.29) is 10.9 Å². The van der Waals surface area contributed by atoms with Crippen molar-refractivity contribution in [2.75, 3.05) is 0 Å². The molecule has 1 rings (SSSR count). The number of hydrogen-bond donors (Lipinski definition) is 3. The van der Waals surface area contributed by atoms with Crippen LogP contribution in [0.5, 0.6) is 0 Å². The predicted molar refractivity (Wildman–Crippen MR) is 77.2 cm³/mol. The van der Waals surface area contributed by atoms with E-state index in [4.69, 9.17) is 23.7 Å². The van der Waals surface area contributed by atoms with Crippen LogP contribution in [0.2, 0.25) is 0 Å². The van der Waals surface area contributed by atoms with Crippen molar-refractivity contribution in [1.82, 2.24) is 5.32 Å². The molecule has 1 aromatic carbocycles. The number of rotatable bonds is 6. The van der Waals surface area contributed by atoms with E-state index in [0.29, 0.717) is 6.42 Å². The lowest BCUT2D eigenvalue weighted by Gasteiger charge is -2.18. The lowest BCUT2D eigenvalue weighted by atomic mass is 9.98. The fourth-order valence-corrected chi connectivity index (χ4v) is 1.75. The van der Waals surface area contributed by atoms with Crippen LogP contribution >= 0.6 is 12.2 Å². The Bertz CT molecular complexity index is 476. The van der Waals surface area contributed by atoms with Gasteiger partial charge in [0.2, 0.25) is 11.8 Å². The van der Waals surface area contributed by atoms with Crippen LogP contribution in [0.25, 0.3) is 0 Å². The van der Waals surface area contributed by atoms with Gasteiger partial charge in [-0.25, -0.2) is 0 Å². The highest BCUT2D eigenvalue weighted by molar-refractivity contribution is 7.80. The van der Waals surface area contributed by atoms with Crippen molar-refractivity contribution < 1.29 is 9.59 Å². The highest BCUT2D eigenvalue weighted by Gasteiger charge is 2.24. The molecule has 0 saturated heterocycles. The number of carbonyl (C=O) groups excluding carboxylic acids is 2. The third-order valence-electron chi connectivity index (χ3n) is 2.73. The quantitative estimate of drug-likeness (QED) is 0.644. The minimum Gasteiger partial charge on any atom is -0.393 e. The summed E-state index contributed by atoms with van der Waals surface area (Å²) in [6.07, 6.45) is 0.396. The van der Waals surface area contributed by atoms with E-state index in [1.165, 1.54) is 6.92 Å². The summed E-state index contributed by atoms with van der Waals surface area (Å²) in [4.78, 5) is 23.0. The molecule has 19 heavy (non-hydrogen) atoms. The van der Waals surface area contributed by atoms with Gasteiger partial charge in [-0.2, -0.15) is 0 Å². The van der Waals surface area contributed by atoms with E-state index in [2.05, 4.69) is 5.32 Å². The van der Waals surface area contributed by atoms with Crippen LogP contribution in [-0.4, -0.2) is 22.8 Å². The first-order chi connectivity index (χ1) is 8.91. The largest absolute Gasteiger partial charge is 0.393 e. The maximum Gasteiger partial charge on any atom is 0.239 e. The lowest BCUT2D eigenvalue weighted by Crippen LogP contribution is -2.47. The second kappa shape index (κ2) is 6.84. The fraction of sp³-hybridized carbons (Fsp3) is 0.308. The highest BCUT2D eigenvalue weighted by atomic mass is 32.1. The molecule has 0 aliphatic rings. The molecule has 2 unspecified atom stereocenters. The molecule has 102 valence electrons. The Kier molecular flexibility index (Phi) is 5.44. The Morgan fingerprint density at radius 2 is 1.84 bits per heavy atom. The minimum absolute atomic E-state index is 0.0954. The molecule has 0 radical (unpaired) electrons. The third kappa shape index (κ3) is 4.67. The molecule has 0 aromatic heterocycles. The molecule has 0 heterocycles. The van der Waals surface area contributed by atoms with Crippen LogP contribution < -0.4 is 16.8 Å². The maximum atomic E-state index is 12.0. The molecule has 5 N–H and O–H groups in total. The molecule has 0 aliphatic carbocycles. The topological polar surface area (TPSA) is 98.2 Å². The molecule has 2 atom stereocenters. The third-order valence-corrected chi connectivity index (χ3v) is 3.01. The zero-order valence-electron chi connectivity index (χ0n) is 10.6. The van der Waals surface area contributed by atoms with Gasteiger partial charge in [-0.15, -0.1) is 0 Å². The van der Waals surface area contributed by atoms with Crippen LogP contribution in [0.1, 0.15) is 12.5 Å². The predicted octanol–water partition coefficient (Wildman–Crippen LogP) is 0.121. The molecule has 1 aromatic rings. The molecular weight excluding hydrogens is 262 g/mol. The van der Waals surface area contributed by atoms with E-state index in [1.807, 2.05) is 30.3 Å². The van der Waals surface area contributed by atoms with Gasteiger partial charge in [-0.3, -0.25) is 9.59 Å². The first-order valence-corrected chi connectivity index (χ1v) is 6.25. The highest BCUT2D eigenvalue weighted by Crippen LogP contribution is 2.10. The Balaban J connectivity index is 2.75. The van der Waals surface area contributed by atoms with E-state index < -0.39 is 17.9 Å². The Morgan fingerprint density at radius 3 is 2.32 bits per heavy atom. The van der Waals surface area contributed by atoms with Gasteiger partial charge >= 0.3 is 0 Å². The Morgan fingerprint density at radius 1 is 1.26 bits per heavy atom. The molecule has 0 spiro atoms. The molecule has 0 bridgehead atoms. The van der Waals surface area contributed by atoms with Gasteiger partial charge in [0.1, 0.15) is 6.04 Å². The van der Waals surface area contributed by atoms with Crippen molar-refractivity contribution in [1.29, 1.82) is 0 Å². The van der Waals surface area contributed by atoms with Crippen LogP contribution in [0.4, 0.5) is 0 Å². The van der Waals surface area contributed by atoms with Gasteiger partial charge in [-0.05, 0) is 18.9 Å². The van der Waals surface area contributed by atoms with Crippen LogP contribution in [0.15, 0.2) is 30.3 Å². The van der Waals surface area contributed by atoms with Crippen molar-refractivity contribution in [3.8, 4) is 0 Å². The van der Waals surface area contributed by atoms with Crippen LogP contribution in [-0.2, 0) is 16.0 Å². The summed E-state index contributed by atoms with van der Waals surface area (Å²) in [7, 11) is 0. The van der Waals surface area contributed by atoms with Gasteiger partial charge in [0.25, 0.3) is 0 Å². The maximum absolute atomic E-state index is 12.0. The van der Waals surface area contributed by atoms with Crippen molar-refractivity contribution >= 4 is 29.0 Å². The summed E-state index contributed by atoms with van der Waals surface area (Å²) in [5, 5.41) is 2.50.